The summed E-state index contributed by atoms with van der Waals surface area (Å²) >= 11 is 3.30. The van der Waals surface area contributed by atoms with Crippen LogP contribution in [0.2, 0.25) is 0 Å². The number of aliphatic hydroxyl groups excluding tert-OH is 1. The van der Waals surface area contributed by atoms with Crippen molar-refractivity contribution in [2.24, 2.45) is 0 Å². The fraction of sp³-hybridized carbons (Fsp3) is 0.538. The summed E-state index contributed by atoms with van der Waals surface area (Å²) in [5.74, 6) is 0. The Kier molecular flexibility index (Phi) is 4.11. The first-order valence-corrected chi connectivity index (χ1v) is 6.88. The SMILES string of the molecule is CC(O)c1ccc(N(CC(F)(F)F)C2CC2)cc1Br. The van der Waals surface area contributed by atoms with Gasteiger partial charge in [-0.15, -0.1) is 0 Å². The van der Waals surface area contributed by atoms with Crippen molar-refractivity contribution >= 4 is 21.6 Å². The Bertz CT molecular complexity index is 458. The average Bonchev–Trinajstić information content (AvgIpc) is 3.07. The Hall–Kier alpha value is -0.750. The van der Waals surface area contributed by atoms with Gasteiger partial charge in [-0.05, 0) is 37.5 Å². The number of anilines is 1. The van der Waals surface area contributed by atoms with E-state index in [1.165, 1.54) is 4.90 Å². The van der Waals surface area contributed by atoms with Crippen LogP contribution in [0.25, 0.3) is 0 Å². The number of benzene rings is 1. The van der Waals surface area contributed by atoms with Crippen LogP contribution in [-0.2, 0) is 0 Å². The smallest absolute Gasteiger partial charge is 0.389 e. The van der Waals surface area contributed by atoms with E-state index in [0.29, 0.717) is 15.7 Å². The highest BCUT2D eigenvalue weighted by Gasteiger charge is 2.38. The van der Waals surface area contributed by atoms with E-state index in [9.17, 15) is 18.3 Å². The van der Waals surface area contributed by atoms with Crippen molar-refractivity contribution in [2.75, 3.05) is 11.4 Å². The van der Waals surface area contributed by atoms with Gasteiger partial charge < -0.3 is 10.0 Å². The Morgan fingerprint density at radius 2 is 2.05 bits per heavy atom. The van der Waals surface area contributed by atoms with Crippen molar-refractivity contribution < 1.29 is 18.3 Å². The molecule has 0 heterocycles. The molecule has 1 aliphatic carbocycles. The molecule has 0 amide bonds. The number of rotatable bonds is 4. The van der Waals surface area contributed by atoms with Crippen molar-refractivity contribution in [3.63, 3.8) is 0 Å². The van der Waals surface area contributed by atoms with Gasteiger partial charge in [0.25, 0.3) is 0 Å². The predicted molar refractivity (Wildman–Crippen MR) is 71.2 cm³/mol. The van der Waals surface area contributed by atoms with Gasteiger partial charge in [-0.3, -0.25) is 0 Å². The second-order valence-corrected chi connectivity index (χ2v) is 5.71. The maximum Gasteiger partial charge on any atom is 0.405 e. The predicted octanol–water partition coefficient (Wildman–Crippen LogP) is 4.03. The van der Waals surface area contributed by atoms with Gasteiger partial charge in [0.2, 0.25) is 0 Å². The third-order valence-corrected chi connectivity index (χ3v) is 3.79. The van der Waals surface area contributed by atoms with Crippen molar-refractivity contribution in [2.45, 2.75) is 38.1 Å². The third kappa shape index (κ3) is 3.86. The molecule has 2 rings (SSSR count). The summed E-state index contributed by atoms with van der Waals surface area (Å²) in [4.78, 5) is 1.39. The quantitative estimate of drug-likeness (QED) is 0.896. The molecule has 1 unspecified atom stereocenters. The zero-order valence-electron chi connectivity index (χ0n) is 10.4. The summed E-state index contributed by atoms with van der Waals surface area (Å²) in [5, 5.41) is 9.52. The summed E-state index contributed by atoms with van der Waals surface area (Å²) in [6, 6.07) is 4.92. The van der Waals surface area contributed by atoms with Gasteiger partial charge in [0.05, 0.1) is 6.10 Å². The minimum Gasteiger partial charge on any atom is -0.389 e. The van der Waals surface area contributed by atoms with Crippen LogP contribution in [0.3, 0.4) is 0 Å². The molecule has 0 aliphatic heterocycles. The minimum atomic E-state index is -4.21. The number of hydrogen-bond donors (Lipinski definition) is 1. The highest BCUT2D eigenvalue weighted by molar-refractivity contribution is 9.10. The van der Waals surface area contributed by atoms with Crippen LogP contribution in [0.1, 0.15) is 31.4 Å². The van der Waals surface area contributed by atoms with Crippen LogP contribution in [0.4, 0.5) is 18.9 Å². The van der Waals surface area contributed by atoms with E-state index < -0.39 is 18.8 Å². The summed E-state index contributed by atoms with van der Waals surface area (Å²) in [6.07, 6.45) is -3.27. The summed E-state index contributed by atoms with van der Waals surface area (Å²) in [5.41, 5.74) is 1.21. The van der Waals surface area contributed by atoms with E-state index in [-0.39, 0.29) is 6.04 Å². The Balaban J connectivity index is 2.25. The number of alkyl halides is 3. The molecule has 1 aliphatic rings. The lowest BCUT2D eigenvalue weighted by Crippen LogP contribution is -2.36. The molecular weight excluding hydrogens is 323 g/mol. The molecule has 6 heteroatoms. The number of hydrogen-bond acceptors (Lipinski definition) is 2. The Morgan fingerprint density at radius 3 is 2.47 bits per heavy atom. The molecule has 1 aromatic rings. The molecule has 1 N–H and O–H groups in total. The van der Waals surface area contributed by atoms with Crippen LogP contribution < -0.4 is 4.90 Å². The second-order valence-electron chi connectivity index (χ2n) is 4.86. The highest BCUT2D eigenvalue weighted by atomic mass is 79.9. The molecule has 0 spiro atoms. The summed E-state index contributed by atoms with van der Waals surface area (Å²) in [7, 11) is 0. The topological polar surface area (TPSA) is 23.5 Å². The number of halogens is 4. The molecule has 0 bridgehead atoms. The normalized spacial score (nSPS) is 17.4. The first-order chi connectivity index (χ1) is 8.78. The molecule has 0 aromatic heterocycles. The molecule has 0 radical (unpaired) electrons. The van der Waals surface area contributed by atoms with Crippen LogP contribution in [0.5, 0.6) is 0 Å². The zero-order valence-corrected chi connectivity index (χ0v) is 12.0. The van der Waals surface area contributed by atoms with Crippen molar-refractivity contribution in [3.8, 4) is 0 Å². The molecule has 1 atom stereocenters. The van der Waals surface area contributed by atoms with Gasteiger partial charge in [-0.25, -0.2) is 0 Å². The molecule has 19 heavy (non-hydrogen) atoms. The van der Waals surface area contributed by atoms with E-state index in [0.717, 1.165) is 12.8 Å². The molecule has 1 saturated carbocycles. The standard InChI is InChI=1S/C13H15BrF3NO/c1-8(19)11-5-4-10(6-12(11)14)18(9-2-3-9)7-13(15,16)17/h4-6,8-9,19H,2-3,7H2,1H3. The fourth-order valence-corrected chi connectivity index (χ4v) is 2.74. The van der Waals surface area contributed by atoms with Gasteiger partial charge in [-0.2, -0.15) is 13.2 Å². The lowest BCUT2D eigenvalue weighted by molar-refractivity contribution is -0.120. The van der Waals surface area contributed by atoms with Crippen molar-refractivity contribution in [3.05, 3.63) is 28.2 Å². The van der Waals surface area contributed by atoms with Crippen LogP contribution in [-0.4, -0.2) is 23.9 Å². The van der Waals surface area contributed by atoms with Gasteiger partial charge in [0.15, 0.2) is 0 Å². The lowest BCUT2D eigenvalue weighted by Gasteiger charge is -2.26. The second kappa shape index (κ2) is 5.32. The molecule has 106 valence electrons. The fourth-order valence-electron chi connectivity index (χ4n) is 2.04. The van der Waals surface area contributed by atoms with Gasteiger partial charge in [-0.1, -0.05) is 22.0 Å². The van der Waals surface area contributed by atoms with Crippen LogP contribution >= 0.6 is 15.9 Å². The molecule has 0 saturated heterocycles. The molecule has 1 fully saturated rings. The Labute approximate surface area is 118 Å². The highest BCUT2D eigenvalue weighted by Crippen LogP contribution is 2.36. The summed E-state index contributed by atoms with van der Waals surface area (Å²) in [6.45, 7) is 0.687. The van der Waals surface area contributed by atoms with Gasteiger partial charge >= 0.3 is 6.18 Å². The lowest BCUT2D eigenvalue weighted by atomic mass is 10.1. The zero-order chi connectivity index (χ0) is 14.2. The van der Waals surface area contributed by atoms with Crippen LogP contribution in [0.15, 0.2) is 22.7 Å². The molecular formula is C13H15BrF3NO. The maximum absolute atomic E-state index is 12.6. The largest absolute Gasteiger partial charge is 0.405 e. The van der Waals surface area contributed by atoms with E-state index in [1.807, 2.05) is 0 Å². The van der Waals surface area contributed by atoms with Crippen molar-refractivity contribution in [1.82, 2.24) is 0 Å². The van der Waals surface area contributed by atoms with Crippen LogP contribution in [0, 0.1) is 0 Å². The monoisotopic (exact) mass is 337 g/mol. The first-order valence-electron chi connectivity index (χ1n) is 6.09. The molecule has 1 aromatic carbocycles. The average molecular weight is 338 g/mol. The van der Waals surface area contributed by atoms with E-state index in [1.54, 1.807) is 25.1 Å². The first kappa shape index (κ1) is 14.7. The minimum absolute atomic E-state index is 0.0223. The third-order valence-electron chi connectivity index (χ3n) is 3.10. The van der Waals surface area contributed by atoms with Gasteiger partial charge in [0, 0.05) is 16.2 Å². The summed E-state index contributed by atoms with van der Waals surface area (Å²) < 4.78 is 38.4. The maximum atomic E-state index is 12.6. The van der Waals surface area contributed by atoms with Gasteiger partial charge in [0.1, 0.15) is 6.54 Å². The van der Waals surface area contributed by atoms with E-state index in [2.05, 4.69) is 15.9 Å². The molecule has 2 nitrogen and oxygen atoms in total. The van der Waals surface area contributed by atoms with E-state index >= 15 is 0 Å². The Morgan fingerprint density at radius 1 is 1.42 bits per heavy atom. The number of aliphatic hydroxyl groups is 1. The van der Waals surface area contributed by atoms with E-state index in [4.69, 9.17) is 0 Å². The number of nitrogens with zero attached hydrogens (tertiary/aromatic N) is 1. The van der Waals surface area contributed by atoms with Crippen molar-refractivity contribution in [1.29, 1.82) is 0 Å².